The van der Waals surface area contributed by atoms with Crippen molar-refractivity contribution in [2.24, 2.45) is 0 Å². The van der Waals surface area contributed by atoms with Crippen LogP contribution in [-0.2, 0) is 17.8 Å². The number of aromatic nitrogens is 4. The molecule has 0 aliphatic carbocycles. The monoisotopic (exact) mass is 802 g/mol. The van der Waals surface area contributed by atoms with Gasteiger partial charge in [-0.3, -0.25) is 0 Å². The average molecular weight is 802 g/mol. The predicted molar refractivity (Wildman–Crippen MR) is 140 cm³/mol. The molecule has 0 saturated heterocycles. The molecule has 0 saturated carbocycles. The maximum atomic E-state index is 15.5. The van der Waals surface area contributed by atoms with E-state index in [1.165, 1.54) is 9.97 Å². The zero-order valence-corrected chi connectivity index (χ0v) is 24.5. The van der Waals surface area contributed by atoms with E-state index in [1.807, 2.05) is 0 Å². The average Bonchev–Trinajstić information content (AvgIpc) is 3.80. The minimum atomic E-state index is -7.25. The highest BCUT2D eigenvalue weighted by Crippen LogP contribution is 2.57. The highest BCUT2D eigenvalue weighted by atomic mass is 19.4. The van der Waals surface area contributed by atoms with Gasteiger partial charge >= 0.3 is 54.1 Å². The number of alkyl halides is 21. The SMILES string of the molecule is FC(F)(F)C(F)(F)C(F)(F)c1c2nc(c3ccc([nH]3)c(C(F)(F)C(F)(F)C(F)(F)F)c3ccc([nH]3)c(C(F)(F)C(F)(F)C(F)(F)F)c3ccc1[nH]3)C=C2. The summed E-state index contributed by atoms with van der Waals surface area (Å²) in [7, 11) is 0. The molecule has 5 heterocycles. The Hall–Kier alpha value is -4.74. The van der Waals surface area contributed by atoms with Gasteiger partial charge in [0.2, 0.25) is 0 Å². The summed E-state index contributed by atoms with van der Waals surface area (Å²) < 4.78 is 298. The molecule has 53 heavy (non-hydrogen) atoms. The molecule has 8 bridgehead atoms. The molecule has 25 heteroatoms. The first-order valence-electron chi connectivity index (χ1n) is 13.6. The molecule has 0 atom stereocenters. The second kappa shape index (κ2) is 11.4. The van der Waals surface area contributed by atoms with Crippen LogP contribution < -0.4 is 0 Å². The van der Waals surface area contributed by atoms with Gasteiger partial charge in [-0.25, -0.2) is 4.98 Å². The summed E-state index contributed by atoms with van der Waals surface area (Å²) in [6.45, 7) is 0. The number of hydrogen-bond acceptors (Lipinski definition) is 1. The summed E-state index contributed by atoms with van der Waals surface area (Å²) in [5, 5.41) is 0. The quantitative estimate of drug-likeness (QED) is 0.147. The molecule has 4 nitrogen and oxygen atoms in total. The summed E-state index contributed by atoms with van der Waals surface area (Å²) in [4.78, 5) is 7.75. The van der Waals surface area contributed by atoms with Crippen molar-refractivity contribution in [3.05, 3.63) is 64.5 Å². The summed E-state index contributed by atoms with van der Waals surface area (Å²) in [5.74, 6) is -41.1. The van der Waals surface area contributed by atoms with E-state index in [9.17, 15) is 65.9 Å². The van der Waals surface area contributed by atoms with Gasteiger partial charge in [-0.2, -0.15) is 92.2 Å². The smallest absolute Gasteiger partial charge is 0.355 e. The summed E-state index contributed by atoms with van der Waals surface area (Å²) in [6, 6.07) is 0.386. The van der Waals surface area contributed by atoms with Gasteiger partial charge in [-0.1, -0.05) is 0 Å². The van der Waals surface area contributed by atoms with Crippen LogP contribution in [0, 0.1) is 0 Å². The zero-order valence-electron chi connectivity index (χ0n) is 24.5. The maximum absolute atomic E-state index is 15.5. The molecular weight excluding hydrogens is 791 g/mol. The number of hydrogen-bond donors (Lipinski definition) is 3. The molecule has 0 radical (unpaired) electrons. The standard InChI is InChI=1S/C28H11F21N4/c29-20(30,23(35,36)26(41,42)43)17-11-3-1-9(50-11)10-2-4-12(51-10)18(21(31,32)24(37,38)27(44,45)46)14-6-8-16(53-14)19(15-7-5-13(17)52-15)22(33,34)25(39,40)28(47,48)49/h1-8,50,52-53H. The lowest BCUT2D eigenvalue weighted by Gasteiger charge is -2.29. The van der Waals surface area contributed by atoms with Crippen LogP contribution >= 0.6 is 0 Å². The third kappa shape index (κ3) is 5.62. The Morgan fingerprint density at radius 2 is 0.566 bits per heavy atom. The van der Waals surface area contributed by atoms with Crippen LogP contribution in [0.4, 0.5) is 92.2 Å². The van der Waals surface area contributed by atoms with Crippen LogP contribution in [0.2, 0.25) is 0 Å². The molecule has 4 aromatic rings. The number of rotatable bonds is 6. The molecule has 1 aliphatic rings. The number of nitrogens with zero attached hydrogens (tertiary/aromatic N) is 1. The van der Waals surface area contributed by atoms with Crippen LogP contribution in [0.15, 0.2) is 36.4 Å². The lowest BCUT2D eigenvalue weighted by Crippen LogP contribution is -2.50. The summed E-state index contributed by atoms with van der Waals surface area (Å²) in [5.41, 5.74) is -20.3. The molecule has 4 aromatic heterocycles. The molecule has 5 rings (SSSR count). The second-order valence-electron chi connectivity index (χ2n) is 11.1. The first-order valence-corrected chi connectivity index (χ1v) is 13.6. The van der Waals surface area contributed by atoms with Crippen molar-refractivity contribution in [3.8, 4) is 0 Å². The van der Waals surface area contributed by atoms with E-state index in [4.69, 9.17) is 0 Å². The van der Waals surface area contributed by atoms with Crippen molar-refractivity contribution < 1.29 is 92.2 Å². The molecule has 0 unspecified atom stereocenters. The zero-order chi connectivity index (χ0) is 40.3. The van der Waals surface area contributed by atoms with Crippen molar-refractivity contribution in [1.29, 1.82) is 0 Å². The van der Waals surface area contributed by atoms with Crippen LogP contribution in [0.5, 0.6) is 0 Å². The second-order valence-corrected chi connectivity index (χ2v) is 11.1. The largest absolute Gasteiger partial charge is 0.460 e. The first kappa shape index (κ1) is 39.5. The topological polar surface area (TPSA) is 60.3 Å². The van der Waals surface area contributed by atoms with Crippen molar-refractivity contribution in [3.63, 3.8) is 0 Å². The third-order valence-corrected chi connectivity index (χ3v) is 7.77. The number of nitrogens with one attached hydrogen (secondary N) is 3. The van der Waals surface area contributed by atoms with Crippen molar-refractivity contribution >= 4 is 45.3 Å². The van der Waals surface area contributed by atoms with Gasteiger partial charge < -0.3 is 15.0 Å². The van der Waals surface area contributed by atoms with Crippen molar-refractivity contribution in [1.82, 2.24) is 19.9 Å². The van der Waals surface area contributed by atoms with E-state index < -0.39 is 115 Å². The Kier molecular flexibility index (Phi) is 8.48. The van der Waals surface area contributed by atoms with E-state index >= 15 is 26.3 Å². The van der Waals surface area contributed by atoms with Crippen LogP contribution in [0.25, 0.3) is 45.3 Å². The Morgan fingerprint density at radius 1 is 0.321 bits per heavy atom. The minimum absolute atomic E-state index is 0.0580. The molecule has 0 aromatic carbocycles. The Labute approximate surface area is 276 Å². The number of fused-ring (bicyclic) bond motifs is 9. The summed E-state index contributed by atoms with van der Waals surface area (Å²) in [6.07, 6.45) is -20.7. The molecular formula is C28H11F21N4. The van der Waals surface area contributed by atoms with Gasteiger partial charge in [0.15, 0.2) is 0 Å². The molecule has 0 fully saturated rings. The highest BCUT2D eigenvalue weighted by molar-refractivity contribution is 5.86. The van der Waals surface area contributed by atoms with Gasteiger partial charge in [0, 0.05) is 0 Å². The lowest BCUT2D eigenvalue weighted by atomic mass is 10.00. The Bertz CT molecular complexity index is 2220. The fourth-order valence-corrected chi connectivity index (χ4v) is 5.15. The maximum Gasteiger partial charge on any atom is 0.460 e. The van der Waals surface area contributed by atoms with Gasteiger partial charge in [0.25, 0.3) is 0 Å². The molecule has 0 amide bonds. The van der Waals surface area contributed by atoms with Gasteiger partial charge in [0.05, 0.1) is 61.2 Å². The number of aromatic amines is 3. The highest BCUT2D eigenvalue weighted by Gasteiger charge is 2.76. The van der Waals surface area contributed by atoms with Crippen molar-refractivity contribution in [2.45, 2.75) is 54.1 Å². The van der Waals surface area contributed by atoms with E-state index in [-0.39, 0.29) is 36.4 Å². The third-order valence-electron chi connectivity index (χ3n) is 7.77. The summed E-state index contributed by atoms with van der Waals surface area (Å²) >= 11 is 0. The molecule has 290 valence electrons. The van der Waals surface area contributed by atoms with E-state index in [2.05, 4.69) is 4.98 Å². The first-order chi connectivity index (χ1) is 23.7. The van der Waals surface area contributed by atoms with E-state index in [0.29, 0.717) is 12.1 Å². The molecule has 0 spiro atoms. The van der Waals surface area contributed by atoms with Crippen LogP contribution in [-0.4, -0.2) is 56.2 Å². The van der Waals surface area contributed by atoms with Gasteiger partial charge in [0.1, 0.15) is 0 Å². The molecule has 3 N–H and O–H groups in total. The Balaban J connectivity index is 2.11. The van der Waals surface area contributed by atoms with Crippen LogP contribution in [0.3, 0.4) is 0 Å². The predicted octanol–water partition coefficient (Wildman–Crippen LogP) is 11.6. The number of halogens is 21. The fraction of sp³-hybridized carbons (Fsp3) is 0.321. The Morgan fingerprint density at radius 3 is 0.887 bits per heavy atom. The lowest BCUT2D eigenvalue weighted by molar-refractivity contribution is -0.359. The molecule has 1 aliphatic heterocycles. The van der Waals surface area contributed by atoms with Crippen LogP contribution in [0.1, 0.15) is 28.1 Å². The van der Waals surface area contributed by atoms with Crippen molar-refractivity contribution in [2.75, 3.05) is 0 Å². The minimum Gasteiger partial charge on any atom is -0.355 e. The van der Waals surface area contributed by atoms with Gasteiger partial charge in [-0.15, -0.1) is 0 Å². The number of H-pyrrole nitrogens is 3. The fourth-order valence-electron chi connectivity index (χ4n) is 5.15. The van der Waals surface area contributed by atoms with Gasteiger partial charge in [-0.05, 0) is 48.6 Å². The normalized spacial score (nSPS) is 15.2. The van der Waals surface area contributed by atoms with E-state index in [1.54, 1.807) is 4.98 Å². The van der Waals surface area contributed by atoms with E-state index in [0.717, 1.165) is 0 Å².